The van der Waals surface area contributed by atoms with Gasteiger partial charge in [0.1, 0.15) is 6.54 Å². The highest BCUT2D eigenvalue weighted by atomic mass is 16.4. The van der Waals surface area contributed by atoms with E-state index in [-0.39, 0.29) is 31.1 Å². The molecule has 0 aliphatic carbocycles. The van der Waals surface area contributed by atoms with Crippen molar-refractivity contribution in [3.63, 3.8) is 0 Å². The maximum Gasteiger partial charge on any atom is 0.320 e. The van der Waals surface area contributed by atoms with Crippen molar-refractivity contribution in [2.24, 2.45) is 5.92 Å². The molecule has 0 saturated carbocycles. The van der Waals surface area contributed by atoms with Crippen LogP contribution in [0.5, 0.6) is 0 Å². The van der Waals surface area contributed by atoms with Crippen LogP contribution in [0.3, 0.4) is 0 Å². The first-order chi connectivity index (χ1) is 9.35. The van der Waals surface area contributed by atoms with Gasteiger partial charge in [-0.25, -0.2) is 4.79 Å². The molecule has 1 unspecified atom stereocenters. The van der Waals surface area contributed by atoms with Crippen LogP contribution in [0, 0.1) is 5.92 Å². The predicted octanol–water partition coefficient (Wildman–Crippen LogP) is 0.359. The quantitative estimate of drug-likeness (QED) is 0.763. The Kier molecular flexibility index (Phi) is 5.79. The molecule has 1 heterocycles. The molecule has 2 N–H and O–H groups in total. The second kappa shape index (κ2) is 7.12. The molecule has 0 aromatic carbocycles. The monoisotopic (exact) mass is 285 g/mol. The predicted molar refractivity (Wildman–Crippen MR) is 73.2 cm³/mol. The minimum Gasteiger partial charge on any atom is -0.481 e. The van der Waals surface area contributed by atoms with Gasteiger partial charge in [-0.05, 0) is 27.2 Å². The molecule has 1 aliphatic rings. The van der Waals surface area contributed by atoms with E-state index in [4.69, 9.17) is 5.11 Å². The first-order valence-corrected chi connectivity index (χ1v) is 6.91. The summed E-state index contributed by atoms with van der Waals surface area (Å²) in [5, 5.41) is 11.7. The van der Waals surface area contributed by atoms with Gasteiger partial charge in [-0.3, -0.25) is 9.59 Å². The van der Waals surface area contributed by atoms with E-state index in [1.807, 2.05) is 13.8 Å². The van der Waals surface area contributed by atoms with E-state index in [1.54, 1.807) is 6.92 Å². The molecule has 7 nitrogen and oxygen atoms in total. The lowest BCUT2D eigenvalue weighted by molar-refractivity contribution is -0.141. The summed E-state index contributed by atoms with van der Waals surface area (Å²) < 4.78 is 0. The average Bonchev–Trinajstić information content (AvgIpc) is 2.83. The number of hydrogen-bond donors (Lipinski definition) is 2. The zero-order chi connectivity index (χ0) is 15.3. The number of carbonyl (C=O) groups excluding carboxylic acids is 2. The van der Waals surface area contributed by atoms with E-state index in [0.717, 1.165) is 0 Å². The molecule has 0 aromatic heterocycles. The number of nitrogens with zero attached hydrogens (tertiary/aromatic N) is 2. The van der Waals surface area contributed by atoms with Crippen LogP contribution in [0.1, 0.15) is 27.2 Å². The van der Waals surface area contributed by atoms with E-state index in [2.05, 4.69) is 5.32 Å². The average molecular weight is 285 g/mol. The minimum absolute atomic E-state index is 0.00174. The van der Waals surface area contributed by atoms with E-state index in [0.29, 0.717) is 19.5 Å². The smallest absolute Gasteiger partial charge is 0.320 e. The highest BCUT2D eigenvalue weighted by molar-refractivity contribution is 5.84. The standard InChI is InChI=1S/C13H23N3O4/c1-4-15(8-11(17)14-9(2)3)13(20)16-6-5-10(7-16)12(18)19/h9-10H,4-8H2,1-3H3,(H,14,17)(H,18,19). The highest BCUT2D eigenvalue weighted by Crippen LogP contribution is 2.17. The molecular formula is C13H23N3O4. The number of carboxylic acid groups (broad SMARTS) is 1. The number of carboxylic acids is 1. The van der Waals surface area contributed by atoms with Crippen LogP contribution in [-0.4, -0.2) is 65.0 Å². The number of likely N-dealkylation sites (tertiary alicyclic amines) is 1. The first-order valence-electron chi connectivity index (χ1n) is 6.91. The Bertz CT molecular complexity index is 384. The topological polar surface area (TPSA) is 90.0 Å². The molecule has 1 atom stereocenters. The third kappa shape index (κ3) is 4.40. The Balaban J connectivity index is 2.55. The Labute approximate surface area is 118 Å². The Hall–Kier alpha value is -1.79. The van der Waals surface area contributed by atoms with Gasteiger partial charge in [0, 0.05) is 25.7 Å². The van der Waals surface area contributed by atoms with Crippen molar-refractivity contribution in [2.45, 2.75) is 33.2 Å². The fourth-order valence-electron chi connectivity index (χ4n) is 2.19. The van der Waals surface area contributed by atoms with Gasteiger partial charge in [-0.15, -0.1) is 0 Å². The van der Waals surface area contributed by atoms with Gasteiger partial charge in [-0.1, -0.05) is 0 Å². The largest absolute Gasteiger partial charge is 0.481 e. The number of urea groups is 1. The van der Waals surface area contributed by atoms with Gasteiger partial charge in [0.2, 0.25) is 5.91 Å². The zero-order valence-corrected chi connectivity index (χ0v) is 12.3. The van der Waals surface area contributed by atoms with E-state index in [9.17, 15) is 14.4 Å². The summed E-state index contributed by atoms with van der Waals surface area (Å²) in [6.45, 7) is 6.57. The van der Waals surface area contributed by atoms with Crippen LogP contribution in [0.4, 0.5) is 4.79 Å². The number of rotatable bonds is 5. The summed E-state index contributed by atoms with van der Waals surface area (Å²) >= 11 is 0. The summed E-state index contributed by atoms with van der Waals surface area (Å²) in [7, 11) is 0. The molecule has 1 rings (SSSR count). The van der Waals surface area contributed by atoms with Crippen molar-refractivity contribution in [3.8, 4) is 0 Å². The normalized spacial score (nSPS) is 18.2. The number of amides is 3. The lowest BCUT2D eigenvalue weighted by Gasteiger charge is -2.26. The third-order valence-electron chi connectivity index (χ3n) is 3.24. The molecule has 0 bridgehead atoms. The second-order valence-corrected chi connectivity index (χ2v) is 5.29. The first kappa shape index (κ1) is 16.3. The molecule has 0 aromatic rings. The zero-order valence-electron chi connectivity index (χ0n) is 12.3. The summed E-state index contributed by atoms with van der Waals surface area (Å²) in [5.74, 6) is -1.58. The summed E-state index contributed by atoms with van der Waals surface area (Å²) in [6.07, 6.45) is 0.469. The molecule has 1 fully saturated rings. The van der Waals surface area contributed by atoms with Crippen molar-refractivity contribution in [3.05, 3.63) is 0 Å². The van der Waals surface area contributed by atoms with Gasteiger partial charge in [0.15, 0.2) is 0 Å². The van der Waals surface area contributed by atoms with Gasteiger partial charge in [-0.2, -0.15) is 0 Å². The van der Waals surface area contributed by atoms with Crippen molar-refractivity contribution < 1.29 is 19.5 Å². The Morgan fingerprint density at radius 2 is 2.05 bits per heavy atom. The maximum absolute atomic E-state index is 12.2. The second-order valence-electron chi connectivity index (χ2n) is 5.29. The molecule has 0 spiro atoms. The SMILES string of the molecule is CCN(CC(=O)NC(C)C)C(=O)N1CCC(C(=O)O)C1. The summed E-state index contributed by atoms with van der Waals surface area (Å²) in [6, 6.07) is -0.241. The molecule has 1 aliphatic heterocycles. The number of hydrogen-bond acceptors (Lipinski definition) is 3. The number of nitrogens with one attached hydrogen (secondary N) is 1. The Morgan fingerprint density at radius 1 is 1.40 bits per heavy atom. The Morgan fingerprint density at radius 3 is 2.50 bits per heavy atom. The molecule has 3 amide bonds. The van der Waals surface area contributed by atoms with Gasteiger partial charge in [0.25, 0.3) is 0 Å². The minimum atomic E-state index is -0.874. The van der Waals surface area contributed by atoms with Crippen LogP contribution in [0.2, 0.25) is 0 Å². The highest BCUT2D eigenvalue weighted by Gasteiger charge is 2.33. The number of aliphatic carboxylic acids is 1. The molecular weight excluding hydrogens is 262 g/mol. The fraction of sp³-hybridized carbons (Fsp3) is 0.769. The van der Waals surface area contributed by atoms with Crippen LogP contribution < -0.4 is 5.32 Å². The third-order valence-corrected chi connectivity index (χ3v) is 3.24. The van der Waals surface area contributed by atoms with Gasteiger partial charge >= 0.3 is 12.0 Å². The van der Waals surface area contributed by atoms with Crippen LogP contribution in [0.25, 0.3) is 0 Å². The molecule has 7 heteroatoms. The molecule has 1 saturated heterocycles. The van der Waals surface area contributed by atoms with Gasteiger partial charge in [0.05, 0.1) is 5.92 Å². The number of carbonyl (C=O) groups is 3. The van der Waals surface area contributed by atoms with Crippen molar-refractivity contribution in [1.82, 2.24) is 15.1 Å². The van der Waals surface area contributed by atoms with E-state index in [1.165, 1.54) is 9.80 Å². The summed E-state index contributed by atoms with van der Waals surface area (Å²) in [5.41, 5.74) is 0. The maximum atomic E-state index is 12.2. The van der Waals surface area contributed by atoms with Crippen molar-refractivity contribution >= 4 is 17.9 Å². The van der Waals surface area contributed by atoms with Crippen LogP contribution >= 0.6 is 0 Å². The van der Waals surface area contributed by atoms with Crippen molar-refractivity contribution in [2.75, 3.05) is 26.2 Å². The van der Waals surface area contributed by atoms with E-state index >= 15 is 0 Å². The van der Waals surface area contributed by atoms with E-state index < -0.39 is 11.9 Å². The lowest BCUT2D eigenvalue weighted by atomic mass is 10.1. The van der Waals surface area contributed by atoms with Gasteiger partial charge < -0.3 is 20.2 Å². The number of likely N-dealkylation sites (N-methyl/N-ethyl adjacent to an activating group) is 1. The lowest BCUT2D eigenvalue weighted by Crippen LogP contribution is -2.47. The molecule has 20 heavy (non-hydrogen) atoms. The summed E-state index contributed by atoms with van der Waals surface area (Å²) in [4.78, 5) is 37.8. The van der Waals surface area contributed by atoms with Crippen LogP contribution in [0.15, 0.2) is 0 Å². The fourth-order valence-corrected chi connectivity index (χ4v) is 2.19. The molecule has 114 valence electrons. The van der Waals surface area contributed by atoms with Crippen molar-refractivity contribution in [1.29, 1.82) is 0 Å². The molecule has 0 radical (unpaired) electrons. The van der Waals surface area contributed by atoms with Crippen LogP contribution in [-0.2, 0) is 9.59 Å².